The van der Waals surface area contributed by atoms with Crippen molar-refractivity contribution in [3.05, 3.63) is 90.1 Å². The number of aromatic nitrogens is 9. The SMILES string of the molecule is C1=Cc2c(c3nc4nc(nc5[n-]c(nc6nc(nc2[n-]3)-c2ccccc2-6)c2ccccc52)-c2cccnc2-4)C=CC1.[Cu+2]. The van der Waals surface area contributed by atoms with Gasteiger partial charge < -0.3 is 29.9 Å². The van der Waals surface area contributed by atoms with E-state index < -0.39 is 0 Å². The summed E-state index contributed by atoms with van der Waals surface area (Å²) in [6, 6.07) is 19.7. The fraction of sp³-hybridized carbons (Fsp3) is 0.0312. The second-order valence-electron chi connectivity index (χ2n) is 9.84. The zero-order valence-corrected chi connectivity index (χ0v) is 22.6. The van der Waals surface area contributed by atoms with Crippen LogP contribution in [0.3, 0.4) is 0 Å². The Balaban J connectivity index is 0.00000267. The Morgan fingerprint density at radius 3 is 1.67 bits per heavy atom. The first kappa shape index (κ1) is 24.5. The molecule has 1 radical (unpaired) electrons. The van der Waals surface area contributed by atoms with Gasteiger partial charge in [0.2, 0.25) is 0 Å². The molecule has 42 heavy (non-hydrogen) atoms. The second-order valence-corrected chi connectivity index (χ2v) is 9.84. The van der Waals surface area contributed by atoms with Crippen LogP contribution in [-0.2, 0) is 17.1 Å². The summed E-state index contributed by atoms with van der Waals surface area (Å²) in [5.74, 6) is 2.02. The Labute approximate surface area is 249 Å². The molecule has 0 amide bonds. The maximum absolute atomic E-state index is 4.98. The minimum Gasteiger partial charge on any atom is -0.357 e. The first-order chi connectivity index (χ1) is 20.3. The maximum atomic E-state index is 4.98. The predicted octanol–water partition coefficient (Wildman–Crippen LogP) is 5.80. The molecule has 9 nitrogen and oxygen atoms in total. The third kappa shape index (κ3) is 3.66. The van der Waals surface area contributed by atoms with Gasteiger partial charge in [-0.05, 0) is 40.5 Å². The van der Waals surface area contributed by atoms with Crippen LogP contribution in [0.1, 0.15) is 17.5 Å². The van der Waals surface area contributed by atoms with Crippen molar-refractivity contribution < 1.29 is 17.1 Å². The normalized spacial score (nSPS) is 12.8. The topological polar surface area (TPSA) is 118 Å². The van der Waals surface area contributed by atoms with Gasteiger partial charge >= 0.3 is 17.1 Å². The van der Waals surface area contributed by atoms with Crippen LogP contribution in [0.5, 0.6) is 0 Å². The maximum Gasteiger partial charge on any atom is 2.00 e. The molecule has 0 spiro atoms. The number of nitrogens with zero attached hydrogens (tertiary/aromatic N) is 9. The largest absolute Gasteiger partial charge is 2.00 e. The summed E-state index contributed by atoms with van der Waals surface area (Å²) in [6.45, 7) is 0. The van der Waals surface area contributed by atoms with Gasteiger partial charge in [0.25, 0.3) is 0 Å². The van der Waals surface area contributed by atoms with E-state index in [1.54, 1.807) is 6.20 Å². The van der Waals surface area contributed by atoms with Crippen LogP contribution in [0.4, 0.5) is 0 Å². The number of allylic oxidation sites excluding steroid dienone is 2. The van der Waals surface area contributed by atoms with E-state index >= 15 is 0 Å². The van der Waals surface area contributed by atoms with Crippen LogP contribution in [-0.4, -0.2) is 34.9 Å². The third-order valence-corrected chi connectivity index (χ3v) is 7.39. The first-order valence-electron chi connectivity index (χ1n) is 13.2. The van der Waals surface area contributed by atoms with E-state index in [2.05, 4.69) is 17.1 Å². The standard InChI is InChI=1S/C32H17N9.Cu/c1-2-9-17-18(10-3-1)30-38-25(17)34-26-19-11-4-5-12-20(19)27(35-26)36-28-21-13-6-7-14-22(21)29(37-28)39-31-23-15-8-16-33-24(23)32(40-30)41-31;/h2-16H,1H2;/q-2;+2. The molecule has 2 aliphatic heterocycles. The summed E-state index contributed by atoms with van der Waals surface area (Å²) in [4.78, 5) is 43.8. The van der Waals surface area contributed by atoms with Gasteiger partial charge in [0.05, 0.1) is 17.5 Å². The Bertz CT molecular complexity index is 2160. The van der Waals surface area contributed by atoms with Crippen LogP contribution in [0.15, 0.2) is 79.0 Å². The van der Waals surface area contributed by atoms with Gasteiger partial charge in [0.1, 0.15) is 11.5 Å². The van der Waals surface area contributed by atoms with Crippen LogP contribution in [0.2, 0.25) is 0 Å². The fourth-order valence-corrected chi connectivity index (χ4v) is 5.48. The number of pyridine rings is 1. The molecule has 10 heteroatoms. The van der Waals surface area contributed by atoms with Gasteiger partial charge in [-0.2, -0.15) is 0 Å². The van der Waals surface area contributed by atoms with Crippen molar-refractivity contribution in [2.45, 2.75) is 6.42 Å². The van der Waals surface area contributed by atoms with Crippen molar-refractivity contribution in [1.29, 1.82) is 0 Å². The average molecular weight is 591 g/mol. The number of rotatable bonds is 0. The van der Waals surface area contributed by atoms with Crippen LogP contribution in [0.25, 0.3) is 91.2 Å². The van der Waals surface area contributed by atoms with E-state index in [-0.39, 0.29) is 17.1 Å². The average Bonchev–Trinajstić information content (AvgIpc) is 3.67. The summed E-state index contributed by atoms with van der Waals surface area (Å²) >= 11 is 0. The van der Waals surface area contributed by atoms with E-state index in [1.807, 2.05) is 72.8 Å². The van der Waals surface area contributed by atoms with Crippen molar-refractivity contribution in [3.8, 4) is 45.7 Å². The Hall–Kier alpha value is -5.31. The smallest absolute Gasteiger partial charge is 0.357 e. The molecule has 0 atom stereocenters. The minimum atomic E-state index is 0. The monoisotopic (exact) mass is 590 g/mol. The van der Waals surface area contributed by atoms with E-state index in [9.17, 15) is 0 Å². The van der Waals surface area contributed by atoms with Crippen LogP contribution < -0.4 is 9.97 Å². The van der Waals surface area contributed by atoms with Crippen LogP contribution >= 0.6 is 0 Å². The molecule has 3 aliphatic rings. The Morgan fingerprint density at radius 1 is 0.500 bits per heavy atom. The molecular weight excluding hydrogens is 574 g/mol. The molecule has 0 fully saturated rings. The molecule has 0 unspecified atom stereocenters. The summed E-state index contributed by atoms with van der Waals surface area (Å²) in [7, 11) is 0. The molecule has 0 saturated carbocycles. The zero-order chi connectivity index (χ0) is 26.9. The summed E-state index contributed by atoms with van der Waals surface area (Å²) < 4.78 is 0. The van der Waals surface area contributed by atoms with Gasteiger partial charge in [0, 0.05) is 45.5 Å². The van der Waals surface area contributed by atoms with Crippen LogP contribution in [0, 0.1) is 0 Å². The van der Waals surface area contributed by atoms with E-state index in [0.29, 0.717) is 51.6 Å². The van der Waals surface area contributed by atoms with Gasteiger partial charge in [0.15, 0.2) is 0 Å². The third-order valence-electron chi connectivity index (χ3n) is 7.39. The Morgan fingerprint density at radius 2 is 1.00 bits per heavy atom. The van der Waals surface area contributed by atoms with Gasteiger partial charge in [-0.3, -0.25) is 4.98 Å². The van der Waals surface area contributed by atoms with E-state index in [4.69, 9.17) is 39.9 Å². The number of fused-ring (bicyclic) bond motifs is 20. The summed E-state index contributed by atoms with van der Waals surface area (Å²) in [5.41, 5.74) is 7.08. The Kier molecular flexibility index (Phi) is 5.46. The molecule has 0 N–H and O–H groups in total. The summed E-state index contributed by atoms with van der Waals surface area (Å²) in [6.07, 6.45) is 10.8. The summed E-state index contributed by atoms with van der Waals surface area (Å²) in [5, 5.41) is 1.75. The molecule has 2 aromatic carbocycles. The fourth-order valence-electron chi connectivity index (χ4n) is 5.48. The molecule has 6 heterocycles. The second kappa shape index (κ2) is 9.37. The molecule has 0 saturated heterocycles. The van der Waals surface area contributed by atoms with E-state index in [1.165, 1.54) is 0 Å². The molecule has 6 aromatic rings. The van der Waals surface area contributed by atoms with Crippen molar-refractivity contribution in [2.75, 3.05) is 0 Å². The molecule has 1 aliphatic carbocycles. The molecule has 9 rings (SSSR count). The van der Waals surface area contributed by atoms with Crippen molar-refractivity contribution >= 4 is 45.5 Å². The molecule has 8 bridgehead atoms. The predicted molar refractivity (Wildman–Crippen MR) is 157 cm³/mol. The molecule has 201 valence electrons. The molecule has 4 aromatic heterocycles. The zero-order valence-electron chi connectivity index (χ0n) is 21.7. The van der Waals surface area contributed by atoms with Crippen molar-refractivity contribution in [1.82, 2.24) is 44.9 Å². The first-order valence-corrected chi connectivity index (χ1v) is 13.2. The number of benzene rings is 2. The van der Waals surface area contributed by atoms with Gasteiger partial charge in [-0.1, -0.05) is 72.8 Å². The number of hydrogen-bond donors (Lipinski definition) is 0. The quantitative estimate of drug-likeness (QED) is 0.202. The van der Waals surface area contributed by atoms with E-state index in [0.717, 1.165) is 45.0 Å². The minimum absolute atomic E-state index is 0. The van der Waals surface area contributed by atoms with Gasteiger partial charge in [-0.15, -0.1) is 0 Å². The van der Waals surface area contributed by atoms with Crippen molar-refractivity contribution in [2.24, 2.45) is 0 Å². The molecular formula is C32H17CuN9. The number of hydrogen-bond acceptors (Lipinski definition) is 7. The van der Waals surface area contributed by atoms with Gasteiger partial charge in [-0.25, -0.2) is 9.97 Å². The van der Waals surface area contributed by atoms with Crippen molar-refractivity contribution in [3.63, 3.8) is 0 Å².